The number of aromatic nitrogens is 2. The Morgan fingerprint density at radius 1 is 0.963 bits per heavy atom. The number of anilines is 1. The van der Waals surface area contributed by atoms with E-state index < -0.39 is 28.9 Å². The Balaban J connectivity index is 1.80. The molecule has 0 saturated heterocycles. The first-order valence-electron chi connectivity index (χ1n) is 7.88. The van der Waals surface area contributed by atoms with E-state index >= 15 is 0 Å². The fourth-order valence-corrected chi connectivity index (χ4v) is 2.38. The molecule has 1 amide bonds. The van der Waals surface area contributed by atoms with Crippen molar-refractivity contribution in [3.63, 3.8) is 0 Å². The third-order valence-corrected chi connectivity index (χ3v) is 3.54. The van der Waals surface area contributed by atoms with Gasteiger partial charge in [0, 0.05) is 23.1 Å². The van der Waals surface area contributed by atoms with Gasteiger partial charge in [0.1, 0.15) is 5.75 Å². The van der Waals surface area contributed by atoms with Gasteiger partial charge in [-0.25, -0.2) is 23.1 Å². The van der Waals surface area contributed by atoms with Crippen LogP contribution in [-0.2, 0) is 0 Å². The summed E-state index contributed by atoms with van der Waals surface area (Å²) in [5, 5.41) is 2.41. The van der Waals surface area contributed by atoms with Crippen LogP contribution in [0, 0.1) is 31.3 Å². The average Bonchev–Trinajstić information content (AvgIpc) is 2.59. The summed E-state index contributed by atoms with van der Waals surface area (Å²) in [5.41, 5.74) is 1.12. The number of halogens is 3. The maximum absolute atomic E-state index is 13.7. The average molecular weight is 373 g/mol. The molecule has 0 fully saturated rings. The van der Waals surface area contributed by atoms with Gasteiger partial charge in [-0.05, 0) is 44.2 Å². The van der Waals surface area contributed by atoms with Gasteiger partial charge in [-0.3, -0.25) is 4.79 Å². The summed E-state index contributed by atoms with van der Waals surface area (Å²) >= 11 is 0. The normalized spacial score (nSPS) is 10.6. The van der Waals surface area contributed by atoms with Crippen molar-refractivity contribution in [2.75, 3.05) is 5.32 Å². The molecular formula is C19H14F3N3O2. The Morgan fingerprint density at radius 2 is 1.67 bits per heavy atom. The molecule has 3 rings (SSSR count). The summed E-state index contributed by atoms with van der Waals surface area (Å²) in [6.45, 7) is 3.60. The van der Waals surface area contributed by atoms with Gasteiger partial charge in [-0.1, -0.05) is 6.07 Å². The van der Waals surface area contributed by atoms with Crippen molar-refractivity contribution in [3.05, 3.63) is 76.9 Å². The monoisotopic (exact) mass is 373 g/mol. The van der Waals surface area contributed by atoms with Crippen molar-refractivity contribution in [1.29, 1.82) is 0 Å². The summed E-state index contributed by atoms with van der Waals surface area (Å²) in [5.74, 6) is -5.21. The smallest absolute Gasteiger partial charge is 0.322 e. The lowest BCUT2D eigenvalue weighted by atomic mass is 10.1. The molecule has 0 saturated carbocycles. The number of carbonyl (C=O) groups excluding carboxylic acids is 1. The summed E-state index contributed by atoms with van der Waals surface area (Å²) in [6.07, 6.45) is 0. The first-order chi connectivity index (χ1) is 12.8. The van der Waals surface area contributed by atoms with Crippen LogP contribution in [0.2, 0.25) is 0 Å². The van der Waals surface area contributed by atoms with Crippen molar-refractivity contribution < 1.29 is 22.7 Å². The molecule has 138 valence electrons. The van der Waals surface area contributed by atoms with Crippen molar-refractivity contribution in [1.82, 2.24) is 9.97 Å². The van der Waals surface area contributed by atoms with E-state index in [1.807, 2.05) is 0 Å². The Hall–Kier alpha value is -3.42. The topological polar surface area (TPSA) is 64.1 Å². The number of aryl methyl sites for hydroxylation is 2. The molecule has 0 aliphatic rings. The fourth-order valence-electron chi connectivity index (χ4n) is 2.38. The van der Waals surface area contributed by atoms with Crippen molar-refractivity contribution >= 4 is 11.6 Å². The van der Waals surface area contributed by atoms with Crippen LogP contribution < -0.4 is 10.1 Å². The van der Waals surface area contributed by atoms with E-state index in [9.17, 15) is 18.0 Å². The maximum atomic E-state index is 13.7. The standard InChI is InChI=1S/C19H14F3N3O2/c1-10-8-11(2)24-19(23-10)27-13-5-3-4-12(9-13)25-18(26)14-6-7-15(20)17(22)16(14)21/h3-9H,1-2H3,(H,25,26). The zero-order valence-electron chi connectivity index (χ0n) is 14.4. The molecule has 5 nitrogen and oxygen atoms in total. The van der Waals surface area contributed by atoms with E-state index in [1.54, 1.807) is 32.0 Å². The van der Waals surface area contributed by atoms with Crippen LogP contribution in [-0.4, -0.2) is 15.9 Å². The highest BCUT2D eigenvalue weighted by molar-refractivity contribution is 6.04. The molecule has 0 bridgehead atoms. The first-order valence-corrected chi connectivity index (χ1v) is 7.88. The Bertz CT molecular complexity index is 1000. The van der Waals surface area contributed by atoms with Gasteiger partial charge in [0.2, 0.25) is 0 Å². The van der Waals surface area contributed by atoms with Gasteiger partial charge < -0.3 is 10.1 Å². The van der Waals surface area contributed by atoms with E-state index in [-0.39, 0.29) is 11.7 Å². The van der Waals surface area contributed by atoms with Crippen LogP contribution in [0.4, 0.5) is 18.9 Å². The molecule has 1 N–H and O–H groups in total. The molecule has 2 aromatic carbocycles. The van der Waals surface area contributed by atoms with Crippen molar-refractivity contribution in [3.8, 4) is 11.8 Å². The Labute approximate surface area is 152 Å². The molecule has 3 aromatic rings. The van der Waals surface area contributed by atoms with Crippen LogP contribution in [0.1, 0.15) is 21.7 Å². The molecule has 1 heterocycles. The number of hydrogen-bond donors (Lipinski definition) is 1. The van der Waals surface area contributed by atoms with Crippen molar-refractivity contribution in [2.24, 2.45) is 0 Å². The largest absolute Gasteiger partial charge is 0.424 e. The molecule has 1 aromatic heterocycles. The highest BCUT2D eigenvalue weighted by Crippen LogP contribution is 2.23. The second kappa shape index (κ2) is 7.45. The number of rotatable bonds is 4. The van der Waals surface area contributed by atoms with E-state index in [0.29, 0.717) is 11.8 Å². The van der Waals surface area contributed by atoms with Crippen LogP contribution in [0.15, 0.2) is 42.5 Å². The lowest BCUT2D eigenvalue weighted by Crippen LogP contribution is -2.15. The number of hydrogen-bond acceptors (Lipinski definition) is 4. The minimum Gasteiger partial charge on any atom is -0.424 e. The molecule has 8 heteroatoms. The van der Waals surface area contributed by atoms with Gasteiger partial charge in [-0.15, -0.1) is 0 Å². The van der Waals surface area contributed by atoms with E-state index in [1.165, 1.54) is 12.1 Å². The quantitative estimate of drug-likeness (QED) is 0.681. The Kier molecular flexibility index (Phi) is 5.07. The van der Waals surface area contributed by atoms with Gasteiger partial charge in [0.25, 0.3) is 5.91 Å². The second-order valence-electron chi connectivity index (χ2n) is 5.74. The SMILES string of the molecule is Cc1cc(C)nc(Oc2cccc(NC(=O)c3ccc(F)c(F)c3F)c2)n1. The number of nitrogens with zero attached hydrogens (tertiary/aromatic N) is 2. The molecule has 0 atom stereocenters. The molecule has 0 aliphatic heterocycles. The first kappa shape index (κ1) is 18.4. The highest BCUT2D eigenvalue weighted by atomic mass is 19.2. The number of ether oxygens (including phenoxy) is 1. The summed E-state index contributed by atoms with van der Waals surface area (Å²) in [7, 11) is 0. The third-order valence-electron chi connectivity index (χ3n) is 3.54. The number of carbonyl (C=O) groups is 1. The van der Waals surface area contributed by atoms with Gasteiger partial charge >= 0.3 is 6.01 Å². The van der Waals surface area contributed by atoms with Gasteiger partial charge in [-0.2, -0.15) is 0 Å². The lowest BCUT2D eigenvalue weighted by Gasteiger charge is -2.09. The summed E-state index contributed by atoms with van der Waals surface area (Å²) in [4.78, 5) is 20.5. The number of nitrogens with one attached hydrogen (secondary N) is 1. The fraction of sp³-hybridized carbons (Fsp3) is 0.105. The minimum absolute atomic E-state index is 0.141. The number of benzene rings is 2. The second-order valence-corrected chi connectivity index (χ2v) is 5.74. The minimum atomic E-state index is -1.70. The predicted molar refractivity (Wildman–Crippen MR) is 92.3 cm³/mol. The molecule has 0 aliphatic carbocycles. The van der Waals surface area contributed by atoms with Gasteiger partial charge in [0.15, 0.2) is 17.5 Å². The molecule has 0 radical (unpaired) electrons. The third kappa shape index (κ3) is 4.22. The maximum Gasteiger partial charge on any atom is 0.322 e. The lowest BCUT2D eigenvalue weighted by molar-refractivity contribution is 0.102. The van der Waals surface area contributed by atoms with Crippen molar-refractivity contribution in [2.45, 2.75) is 13.8 Å². The summed E-state index contributed by atoms with van der Waals surface area (Å²) in [6, 6.07) is 9.70. The van der Waals surface area contributed by atoms with Crippen LogP contribution >= 0.6 is 0 Å². The predicted octanol–water partition coefficient (Wildman–Crippen LogP) is 4.56. The zero-order valence-corrected chi connectivity index (χ0v) is 14.4. The highest BCUT2D eigenvalue weighted by Gasteiger charge is 2.19. The van der Waals surface area contributed by atoms with Crippen LogP contribution in [0.25, 0.3) is 0 Å². The number of amides is 1. The molecule has 0 spiro atoms. The van der Waals surface area contributed by atoms with Crippen LogP contribution in [0.3, 0.4) is 0 Å². The molecular weight excluding hydrogens is 359 g/mol. The Morgan fingerprint density at radius 3 is 2.37 bits per heavy atom. The van der Waals surface area contributed by atoms with Crippen LogP contribution in [0.5, 0.6) is 11.8 Å². The van der Waals surface area contributed by atoms with E-state index in [0.717, 1.165) is 17.5 Å². The van der Waals surface area contributed by atoms with Gasteiger partial charge in [0.05, 0.1) is 5.56 Å². The van der Waals surface area contributed by atoms with E-state index in [4.69, 9.17) is 4.74 Å². The molecule has 0 unspecified atom stereocenters. The summed E-state index contributed by atoms with van der Waals surface area (Å²) < 4.78 is 45.6. The van der Waals surface area contributed by atoms with E-state index in [2.05, 4.69) is 15.3 Å². The zero-order chi connectivity index (χ0) is 19.6. The molecule has 27 heavy (non-hydrogen) atoms.